The van der Waals surface area contributed by atoms with E-state index in [1.807, 2.05) is 0 Å². The number of unbranched alkanes of at least 4 members (excludes halogenated alkanes) is 2. The lowest BCUT2D eigenvalue weighted by atomic mass is 10.1. The van der Waals surface area contributed by atoms with E-state index in [0.29, 0.717) is 5.38 Å². The van der Waals surface area contributed by atoms with Gasteiger partial charge in [-0.3, -0.25) is 0 Å². The van der Waals surface area contributed by atoms with E-state index < -0.39 is 0 Å². The molecular formula is C9H19Cl. The Kier molecular flexibility index (Phi) is 7.61. The van der Waals surface area contributed by atoms with Gasteiger partial charge in [0.25, 0.3) is 0 Å². The van der Waals surface area contributed by atoms with Crippen LogP contribution in [0.4, 0.5) is 0 Å². The van der Waals surface area contributed by atoms with Gasteiger partial charge in [-0.25, -0.2) is 0 Å². The Bertz CT molecular complexity index is 53.7. The SMILES string of the molecule is CCCCC(Cl)CCCC. The highest BCUT2D eigenvalue weighted by atomic mass is 35.5. The molecule has 0 aromatic rings. The quantitative estimate of drug-likeness (QED) is 0.519. The molecule has 0 fully saturated rings. The molecule has 0 bridgehead atoms. The molecule has 0 spiro atoms. The van der Waals surface area contributed by atoms with Crippen molar-refractivity contribution in [3.63, 3.8) is 0 Å². The maximum Gasteiger partial charge on any atom is 0.0336 e. The molecule has 0 heterocycles. The first kappa shape index (κ1) is 10.3. The highest BCUT2D eigenvalue weighted by Crippen LogP contribution is 2.13. The predicted octanol–water partition coefficient (Wildman–Crippen LogP) is 3.97. The molecule has 0 N–H and O–H groups in total. The molecule has 0 amide bonds. The molecule has 0 nitrogen and oxygen atoms in total. The van der Waals surface area contributed by atoms with Gasteiger partial charge in [0.15, 0.2) is 0 Å². The van der Waals surface area contributed by atoms with E-state index in [-0.39, 0.29) is 0 Å². The summed E-state index contributed by atoms with van der Waals surface area (Å²) in [5.74, 6) is 0. The molecule has 0 aliphatic heterocycles. The van der Waals surface area contributed by atoms with Gasteiger partial charge in [0, 0.05) is 5.38 Å². The first-order valence-electron chi connectivity index (χ1n) is 4.45. The van der Waals surface area contributed by atoms with Crippen LogP contribution in [0.1, 0.15) is 52.4 Å². The third-order valence-electron chi connectivity index (χ3n) is 1.74. The number of hydrogen-bond donors (Lipinski definition) is 0. The van der Waals surface area contributed by atoms with Crippen molar-refractivity contribution in [3.8, 4) is 0 Å². The second-order valence-corrected chi connectivity index (χ2v) is 3.50. The van der Waals surface area contributed by atoms with E-state index in [1.165, 1.54) is 38.5 Å². The first-order chi connectivity index (χ1) is 4.81. The van der Waals surface area contributed by atoms with Crippen LogP contribution in [-0.4, -0.2) is 5.38 Å². The summed E-state index contributed by atoms with van der Waals surface area (Å²) in [6.45, 7) is 4.42. The molecular weight excluding hydrogens is 144 g/mol. The minimum atomic E-state index is 0.444. The lowest BCUT2D eigenvalue weighted by Crippen LogP contribution is -1.97. The molecule has 10 heavy (non-hydrogen) atoms. The minimum absolute atomic E-state index is 0.444. The topological polar surface area (TPSA) is 0 Å². The van der Waals surface area contributed by atoms with Crippen LogP contribution in [0, 0.1) is 0 Å². The fourth-order valence-electron chi connectivity index (χ4n) is 0.996. The zero-order chi connectivity index (χ0) is 7.82. The fraction of sp³-hybridized carbons (Fsp3) is 1.00. The van der Waals surface area contributed by atoms with Crippen molar-refractivity contribution < 1.29 is 0 Å². The monoisotopic (exact) mass is 162 g/mol. The van der Waals surface area contributed by atoms with Crippen molar-refractivity contribution in [1.29, 1.82) is 0 Å². The summed E-state index contributed by atoms with van der Waals surface area (Å²) in [5.41, 5.74) is 0. The first-order valence-corrected chi connectivity index (χ1v) is 4.89. The Balaban J connectivity index is 3.00. The van der Waals surface area contributed by atoms with Crippen LogP contribution in [0.3, 0.4) is 0 Å². The van der Waals surface area contributed by atoms with Gasteiger partial charge in [0.05, 0.1) is 0 Å². The van der Waals surface area contributed by atoms with Crippen LogP contribution >= 0.6 is 11.6 Å². The van der Waals surface area contributed by atoms with E-state index >= 15 is 0 Å². The van der Waals surface area contributed by atoms with Gasteiger partial charge in [-0.15, -0.1) is 11.6 Å². The van der Waals surface area contributed by atoms with Crippen molar-refractivity contribution in [2.45, 2.75) is 57.7 Å². The highest BCUT2D eigenvalue weighted by molar-refractivity contribution is 6.20. The van der Waals surface area contributed by atoms with Crippen LogP contribution in [0.2, 0.25) is 0 Å². The van der Waals surface area contributed by atoms with E-state index in [0.717, 1.165) is 0 Å². The minimum Gasteiger partial charge on any atom is -0.123 e. The summed E-state index contributed by atoms with van der Waals surface area (Å²) < 4.78 is 0. The number of alkyl halides is 1. The van der Waals surface area contributed by atoms with Crippen molar-refractivity contribution in [2.75, 3.05) is 0 Å². The molecule has 1 heteroatoms. The van der Waals surface area contributed by atoms with Gasteiger partial charge in [-0.05, 0) is 12.8 Å². The van der Waals surface area contributed by atoms with Crippen LogP contribution in [0.15, 0.2) is 0 Å². The number of hydrogen-bond acceptors (Lipinski definition) is 0. The van der Waals surface area contributed by atoms with Crippen molar-refractivity contribution >= 4 is 11.6 Å². The molecule has 0 saturated carbocycles. The Hall–Kier alpha value is 0.290. The lowest BCUT2D eigenvalue weighted by Gasteiger charge is -2.06. The normalized spacial score (nSPS) is 10.8. The molecule has 0 aromatic carbocycles. The van der Waals surface area contributed by atoms with E-state index in [4.69, 9.17) is 11.6 Å². The Morgan fingerprint density at radius 1 is 1.00 bits per heavy atom. The van der Waals surface area contributed by atoms with Gasteiger partial charge in [0.2, 0.25) is 0 Å². The highest BCUT2D eigenvalue weighted by Gasteiger charge is 2.01. The predicted molar refractivity (Wildman–Crippen MR) is 48.7 cm³/mol. The molecule has 0 rings (SSSR count). The molecule has 0 aliphatic carbocycles. The molecule has 0 unspecified atom stereocenters. The van der Waals surface area contributed by atoms with E-state index in [9.17, 15) is 0 Å². The largest absolute Gasteiger partial charge is 0.123 e. The van der Waals surface area contributed by atoms with Gasteiger partial charge in [-0.2, -0.15) is 0 Å². The summed E-state index contributed by atoms with van der Waals surface area (Å²) >= 11 is 6.04. The van der Waals surface area contributed by atoms with Crippen molar-refractivity contribution in [2.24, 2.45) is 0 Å². The van der Waals surface area contributed by atoms with E-state index in [2.05, 4.69) is 13.8 Å². The Morgan fingerprint density at radius 2 is 1.40 bits per heavy atom. The third kappa shape index (κ3) is 6.41. The van der Waals surface area contributed by atoms with Gasteiger partial charge in [0.1, 0.15) is 0 Å². The Morgan fingerprint density at radius 3 is 1.70 bits per heavy atom. The summed E-state index contributed by atoms with van der Waals surface area (Å²) in [6.07, 6.45) is 7.54. The lowest BCUT2D eigenvalue weighted by molar-refractivity contribution is 0.609. The second kappa shape index (κ2) is 7.40. The van der Waals surface area contributed by atoms with Crippen LogP contribution in [0.5, 0.6) is 0 Å². The van der Waals surface area contributed by atoms with Crippen molar-refractivity contribution in [3.05, 3.63) is 0 Å². The van der Waals surface area contributed by atoms with Crippen molar-refractivity contribution in [1.82, 2.24) is 0 Å². The summed E-state index contributed by atoms with van der Waals surface area (Å²) in [6, 6.07) is 0. The Labute approximate surface area is 70.0 Å². The summed E-state index contributed by atoms with van der Waals surface area (Å²) in [7, 11) is 0. The molecule has 62 valence electrons. The summed E-state index contributed by atoms with van der Waals surface area (Å²) in [5, 5.41) is 0.444. The van der Waals surface area contributed by atoms with E-state index in [1.54, 1.807) is 0 Å². The zero-order valence-electron chi connectivity index (χ0n) is 7.20. The molecule has 0 aliphatic rings. The average Bonchev–Trinajstić information content (AvgIpc) is 1.97. The second-order valence-electron chi connectivity index (χ2n) is 2.88. The summed E-state index contributed by atoms with van der Waals surface area (Å²) in [4.78, 5) is 0. The molecule has 0 aromatic heterocycles. The average molecular weight is 163 g/mol. The van der Waals surface area contributed by atoms with Gasteiger partial charge >= 0.3 is 0 Å². The molecule has 0 atom stereocenters. The number of rotatable bonds is 6. The number of halogens is 1. The zero-order valence-corrected chi connectivity index (χ0v) is 7.95. The fourth-order valence-corrected chi connectivity index (χ4v) is 1.30. The smallest absolute Gasteiger partial charge is 0.0336 e. The molecule has 0 radical (unpaired) electrons. The van der Waals surface area contributed by atoms with Gasteiger partial charge < -0.3 is 0 Å². The van der Waals surface area contributed by atoms with Crippen LogP contribution in [0.25, 0.3) is 0 Å². The molecule has 0 saturated heterocycles. The van der Waals surface area contributed by atoms with Crippen LogP contribution in [-0.2, 0) is 0 Å². The maximum absolute atomic E-state index is 6.04. The maximum atomic E-state index is 6.04. The third-order valence-corrected chi connectivity index (χ3v) is 2.18. The standard InChI is InChI=1S/C9H19Cl/c1-3-5-7-9(10)8-6-4-2/h9H,3-8H2,1-2H3. The van der Waals surface area contributed by atoms with Gasteiger partial charge in [-0.1, -0.05) is 39.5 Å². The van der Waals surface area contributed by atoms with Crippen LogP contribution < -0.4 is 0 Å².